The summed E-state index contributed by atoms with van der Waals surface area (Å²) in [5, 5.41) is 0. The molecule has 0 rings (SSSR count). The van der Waals surface area contributed by atoms with E-state index in [0.717, 1.165) is 19.3 Å². The highest BCUT2D eigenvalue weighted by molar-refractivity contribution is 6.53. The van der Waals surface area contributed by atoms with E-state index in [9.17, 15) is 0 Å². The van der Waals surface area contributed by atoms with Crippen LogP contribution in [0.5, 0.6) is 0 Å². The van der Waals surface area contributed by atoms with Gasteiger partial charge in [0.05, 0.1) is 0 Å². The van der Waals surface area contributed by atoms with Crippen molar-refractivity contribution in [1.29, 1.82) is 0 Å². The second-order valence-corrected chi connectivity index (χ2v) is 6.96. The van der Waals surface area contributed by atoms with Gasteiger partial charge in [-0.15, -0.1) is 0 Å². The van der Waals surface area contributed by atoms with E-state index >= 15 is 0 Å². The Morgan fingerprint density at radius 2 is 1.35 bits per heavy atom. The number of hydrogen-bond donors (Lipinski definition) is 2. The molecule has 0 saturated carbocycles. The van der Waals surface area contributed by atoms with E-state index in [2.05, 4.69) is 6.92 Å². The molecule has 0 aromatic carbocycles. The fourth-order valence-electron chi connectivity index (χ4n) is 2.39. The van der Waals surface area contributed by atoms with Crippen LogP contribution in [-0.4, -0.2) is 47.8 Å². The number of hydrogen-bond acceptors (Lipinski definition) is 7. The number of ether oxygens (including phenoxy) is 1. The molecule has 1 atom stereocenters. The van der Waals surface area contributed by atoms with Crippen molar-refractivity contribution in [2.45, 2.75) is 66.1 Å². The molecule has 0 aliphatic heterocycles. The molecule has 142 valence electrons. The van der Waals surface area contributed by atoms with Crippen LogP contribution in [0.1, 0.15) is 60.3 Å². The third-order valence-corrected chi connectivity index (χ3v) is 5.62. The summed E-state index contributed by atoms with van der Waals surface area (Å²) in [5.74, 6) is -0.755. The zero-order valence-electron chi connectivity index (χ0n) is 15.7. The first-order chi connectivity index (χ1) is 10.6. The van der Waals surface area contributed by atoms with E-state index in [1.807, 2.05) is 27.7 Å². The van der Waals surface area contributed by atoms with Gasteiger partial charge in [-0.1, -0.05) is 13.3 Å². The molecule has 0 amide bonds. The van der Waals surface area contributed by atoms with Crippen LogP contribution in [0.3, 0.4) is 0 Å². The average Bonchev–Trinajstić information content (AvgIpc) is 2.46. The van der Waals surface area contributed by atoms with Crippen molar-refractivity contribution in [3.8, 4) is 0 Å². The van der Waals surface area contributed by atoms with Crippen LogP contribution in [0.4, 0.5) is 0 Å². The summed E-state index contributed by atoms with van der Waals surface area (Å²) in [7, 11) is -3.22. The quantitative estimate of drug-likeness (QED) is 0.344. The third-order valence-electron chi connectivity index (χ3n) is 3.07. The molecule has 1 unspecified atom stereocenters. The summed E-state index contributed by atoms with van der Waals surface area (Å²) < 4.78 is 29.7. The van der Waals surface area contributed by atoms with Gasteiger partial charge in [-0.2, -0.15) is 0 Å². The summed E-state index contributed by atoms with van der Waals surface area (Å²) in [6, 6.07) is 0. The maximum absolute atomic E-state index is 6.32. The van der Waals surface area contributed by atoms with Gasteiger partial charge in [-0.3, -0.25) is 0 Å². The normalized spacial score (nSPS) is 14.3. The number of nitrogens with two attached hydrogens (primary N) is 1. The van der Waals surface area contributed by atoms with Crippen LogP contribution >= 0.6 is 0 Å². The molecule has 23 heavy (non-hydrogen) atoms. The summed E-state index contributed by atoms with van der Waals surface area (Å²) in [4.78, 5) is 0. The Bertz CT molecular complexity index is 249. The largest absolute Gasteiger partial charge is 0.681 e. The van der Waals surface area contributed by atoms with Crippen LogP contribution in [0, 0.1) is 0 Å². The summed E-state index contributed by atoms with van der Waals surface area (Å²) in [6.07, 6.45) is 3.20. The third kappa shape index (κ3) is 9.11. The monoisotopic (exact) mass is 354 g/mol. The van der Waals surface area contributed by atoms with Gasteiger partial charge in [0.15, 0.2) is 5.79 Å². The summed E-state index contributed by atoms with van der Waals surface area (Å²) in [6.45, 7) is 12.3. The lowest BCUT2D eigenvalue weighted by molar-refractivity contribution is -0.234. The van der Waals surface area contributed by atoms with Crippen molar-refractivity contribution in [3.05, 3.63) is 0 Å². The number of rotatable bonds is 15. The first kappa shape index (κ1) is 25.2. The molecule has 0 saturated heterocycles. The van der Waals surface area contributed by atoms with E-state index in [1.165, 1.54) is 0 Å². The standard InChI is InChI=1S/C15H35NO5Si.H3N/c1-6-12-15(17-7-2,13-11-14-16)21-22(18-8-3,19-9-4)20-10-5;/h6-14,16H2,1-5H3;1H3. The van der Waals surface area contributed by atoms with Crippen molar-refractivity contribution >= 4 is 9.05 Å². The highest BCUT2D eigenvalue weighted by Gasteiger charge is 2.52. The smallest absolute Gasteiger partial charge is 0.351 e. The molecular weight excluding hydrogens is 316 g/mol. The lowest BCUT2D eigenvalue weighted by Crippen LogP contribution is -2.56. The molecule has 0 bridgehead atoms. The zero-order chi connectivity index (χ0) is 16.9. The van der Waals surface area contributed by atoms with E-state index in [1.54, 1.807) is 0 Å². The second kappa shape index (κ2) is 14.3. The molecule has 0 heterocycles. The molecule has 0 fully saturated rings. The minimum absolute atomic E-state index is 0. The maximum Gasteiger partial charge on any atom is 0.681 e. The average molecular weight is 355 g/mol. The van der Waals surface area contributed by atoms with Gasteiger partial charge < -0.3 is 34.3 Å². The van der Waals surface area contributed by atoms with Crippen LogP contribution in [0.2, 0.25) is 0 Å². The Morgan fingerprint density at radius 1 is 0.826 bits per heavy atom. The van der Waals surface area contributed by atoms with Gasteiger partial charge in [0.1, 0.15) is 0 Å². The highest BCUT2D eigenvalue weighted by Crippen LogP contribution is 2.31. The topological polar surface area (TPSA) is 107 Å². The van der Waals surface area contributed by atoms with Gasteiger partial charge in [-0.25, -0.2) is 0 Å². The Morgan fingerprint density at radius 3 is 1.70 bits per heavy atom. The van der Waals surface area contributed by atoms with Gasteiger partial charge in [0, 0.05) is 39.3 Å². The molecule has 0 aromatic rings. The molecule has 8 heteroatoms. The van der Waals surface area contributed by atoms with E-state index in [4.69, 9.17) is 28.2 Å². The Hall–Kier alpha value is -0.0631. The van der Waals surface area contributed by atoms with Crippen molar-refractivity contribution in [2.24, 2.45) is 5.73 Å². The summed E-state index contributed by atoms with van der Waals surface area (Å²) in [5.41, 5.74) is 5.67. The molecular formula is C15H38N2O5Si. The first-order valence-corrected chi connectivity index (χ1v) is 10.2. The molecule has 0 aromatic heterocycles. The SMILES string of the molecule is CCCC(CCCN)(OCC)O[Si](OCC)(OCC)OCC.N. The predicted octanol–water partition coefficient (Wildman–Crippen LogP) is 2.98. The van der Waals surface area contributed by atoms with Gasteiger partial charge in [0.2, 0.25) is 0 Å². The lowest BCUT2D eigenvalue weighted by Gasteiger charge is -2.39. The molecule has 5 N–H and O–H groups in total. The van der Waals surface area contributed by atoms with Crippen molar-refractivity contribution in [2.75, 3.05) is 33.0 Å². The predicted molar refractivity (Wildman–Crippen MR) is 94.3 cm³/mol. The van der Waals surface area contributed by atoms with Crippen LogP contribution in [0.25, 0.3) is 0 Å². The minimum Gasteiger partial charge on any atom is -0.351 e. The Balaban J connectivity index is 0. The van der Waals surface area contributed by atoms with Crippen LogP contribution in [0.15, 0.2) is 0 Å². The van der Waals surface area contributed by atoms with Gasteiger partial charge in [0.25, 0.3) is 0 Å². The summed E-state index contributed by atoms with van der Waals surface area (Å²) >= 11 is 0. The Kier molecular flexibility index (Phi) is 15.6. The van der Waals surface area contributed by atoms with Crippen LogP contribution in [-0.2, 0) is 22.4 Å². The highest BCUT2D eigenvalue weighted by atomic mass is 28.4. The van der Waals surface area contributed by atoms with E-state index < -0.39 is 14.8 Å². The molecule has 0 spiro atoms. The van der Waals surface area contributed by atoms with Gasteiger partial charge >= 0.3 is 9.05 Å². The fraction of sp³-hybridized carbons (Fsp3) is 1.00. The van der Waals surface area contributed by atoms with E-state index in [-0.39, 0.29) is 6.15 Å². The maximum atomic E-state index is 6.32. The van der Waals surface area contributed by atoms with Crippen molar-refractivity contribution in [3.63, 3.8) is 0 Å². The molecule has 0 radical (unpaired) electrons. The lowest BCUT2D eigenvalue weighted by atomic mass is 10.1. The fourth-order valence-corrected chi connectivity index (χ4v) is 4.59. The second-order valence-electron chi connectivity index (χ2n) is 4.89. The first-order valence-electron chi connectivity index (χ1n) is 8.53. The molecule has 0 aliphatic rings. The zero-order valence-corrected chi connectivity index (χ0v) is 16.7. The molecule has 7 nitrogen and oxygen atoms in total. The van der Waals surface area contributed by atoms with Crippen LogP contribution < -0.4 is 11.9 Å². The van der Waals surface area contributed by atoms with E-state index in [0.29, 0.717) is 39.4 Å². The van der Waals surface area contributed by atoms with Crippen molar-refractivity contribution < 1.29 is 22.4 Å². The van der Waals surface area contributed by atoms with Crippen molar-refractivity contribution in [1.82, 2.24) is 6.15 Å². The molecule has 0 aliphatic carbocycles. The Labute approximate surface area is 143 Å². The van der Waals surface area contributed by atoms with Gasteiger partial charge in [-0.05, 0) is 40.7 Å². The minimum atomic E-state index is -3.22.